The molecule has 0 unspecified atom stereocenters. The summed E-state index contributed by atoms with van der Waals surface area (Å²) >= 11 is 0. The van der Waals surface area contributed by atoms with Crippen LogP contribution in [0.25, 0.3) is 0 Å². The van der Waals surface area contributed by atoms with Crippen LogP contribution >= 0.6 is 12.4 Å². The first-order valence-electron chi connectivity index (χ1n) is 7.73. The molecule has 142 valence electrons. The number of hydrogen-bond acceptors (Lipinski definition) is 4. The van der Waals surface area contributed by atoms with Crippen LogP contribution in [0.5, 0.6) is 0 Å². The molecular weight excluding hydrogens is 361 g/mol. The van der Waals surface area contributed by atoms with Crippen molar-refractivity contribution < 1.29 is 27.4 Å². The molecule has 1 aromatic carbocycles. The van der Waals surface area contributed by atoms with Gasteiger partial charge in [0.05, 0.1) is 12.7 Å². The van der Waals surface area contributed by atoms with Gasteiger partial charge in [0.1, 0.15) is 12.7 Å². The summed E-state index contributed by atoms with van der Waals surface area (Å²) in [4.78, 5) is 12.0. The molecule has 0 aliphatic carbocycles. The predicted molar refractivity (Wildman–Crippen MR) is 88.2 cm³/mol. The third-order valence-corrected chi connectivity index (χ3v) is 3.69. The van der Waals surface area contributed by atoms with Gasteiger partial charge >= 0.3 is 6.18 Å². The topological polar surface area (TPSA) is 73.6 Å². The van der Waals surface area contributed by atoms with E-state index in [2.05, 4.69) is 10.1 Å². The molecule has 1 aliphatic rings. The Morgan fingerprint density at radius 1 is 1.24 bits per heavy atom. The average Bonchev–Trinajstić information content (AvgIpc) is 3.02. The fourth-order valence-corrected chi connectivity index (χ4v) is 2.41. The zero-order valence-corrected chi connectivity index (χ0v) is 14.4. The molecule has 0 bridgehead atoms. The van der Waals surface area contributed by atoms with Crippen LogP contribution in [0.2, 0.25) is 0 Å². The zero-order valence-electron chi connectivity index (χ0n) is 13.6. The minimum absolute atomic E-state index is 0. The number of benzene rings is 1. The predicted octanol–water partition coefficient (Wildman–Crippen LogP) is 2.31. The molecule has 2 rings (SSSR count). The van der Waals surface area contributed by atoms with E-state index in [1.807, 2.05) is 0 Å². The van der Waals surface area contributed by atoms with E-state index >= 15 is 0 Å². The number of hydrogen-bond donors (Lipinski definition) is 2. The quantitative estimate of drug-likeness (QED) is 0.759. The molecule has 9 heteroatoms. The van der Waals surface area contributed by atoms with Crippen LogP contribution in [0, 0.1) is 0 Å². The standard InChI is InChI=1S/C16H21F3N2O3.ClH/c17-16(18,19)10-23-9-12-3-1-11(2-4-12)8-21-15(22)14-6-5-13(7-20)24-14;/h1-4,13-14H,5-10,20H2,(H,21,22);1H/t13-,14+;/m1./s1. The highest BCUT2D eigenvalue weighted by molar-refractivity contribution is 5.85. The number of nitrogens with one attached hydrogen (secondary N) is 1. The lowest BCUT2D eigenvalue weighted by Crippen LogP contribution is -2.35. The van der Waals surface area contributed by atoms with Gasteiger partial charge in [-0.3, -0.25) is 4.79 Å². The minimum atomic E-state index is -4.32. The number of amides is 1. The highest BCUT2D eigenvalue weighted by Gasteiger charge is 2.29. The van der Waals surface area contributed by atoms with Gasteiger partial charge in [-0.1, -0.05) is 24.3 Å². The summed E-state index contributed by atoms with van der Waals surface area (Å²) in [5, 5.41) is 2.78. The number of ether oxygens (including phenoxy) is 2. The van der Waals surface area contributed by atoms with E-state index < -0.39 is 18.9 Å². The van der Waals surface area contributed by atoms with Crippen LogP contribution in [0.1, 0.15) is 24.0 Å². The molecular formula is C16H22ClF3N2O3. The fraction of sp³-hybridized carbons (Fsp3) is 0.562. The van der Waals surface area contributed by atoms with Gasteiger partial charge in [0, 0.05) is 13.1 Å². The Bertz CT molecular complexity index is 540. The second-order valence-corrected chi connectivity index (χ2v) is 5.70. The van der Waals surface area contributed by atoms with Crippen molar-refractivity contribution in [3.63, 3.8) is 0 Å². The Balaban J connectivity index is 0.00000312. The molecule has 0 saturated carbocycles. The number of halogens is 4. The van der Waals surface area contributed by atoms with Crippen LogP contribution in [-0.4, -0.2) is 37.4 Å². The lowest BCUT2D eigenvalue weighted by molar-refractivity contribution is -0.176. The van der Waals surface area contributed by atoms with E-state index in [0.717, 1.165) is 12.0 Å². The summed E-state index contributed by atoms with van der Waals surface area (Å²) in [6.45, 7) is -0.643. The molecule has 1 amide bonds. The molecule has 0 spiro atoms. The normalized spacial score (nSPS) is 20.2. The van der Waals surface area contributed by atoms with Crippen molar-refractivity contribution >= 4 is 18.3 Å². The van der Waals surface area contributed by atoms with Gasteiger partial charge in [0.15, 0.2) is 0 Å². The first-order chi connectivity index (χ1) is 11.4. The smallest absolute Gasteiger partial charge is 0.367 e. The number of carbonyl (C=O) groups is 1. The average molecular weight is 383 g/mol. The molecule has 1 fully saturated rings. The molecule has 3 N–H and O–H groups in total. The highest BCUT2D eigenvalue weighted by atomic mass is 35.5. The first kappa shape index (κ1) is 21.7. The Morgan fingerprint density at radius 2 is 1.88 bits per heavy atom. The minimum Gasteiger partial charge on any atom is -0.367 e. The van der Waals surface area contributed by atoms with Crippen LogP contribution in [0.3, 0.4) is 0 Å². The summed E-state index contributed by atoms with van der Waals surface area (Å²) < 4.78 is 46.1. The van der Waals surface area contributed by atoms with Crippen molar-refractivity contribution in [3.8, 4) is 0 Å². The van der Waals surface area contributed by atoms with E-state index in [9.17, 15) is 18.0 Å². The second-order valence-electron chi connectivity index (χ2n) is 5.70. The molecule has 1 aliphatic heterocycles. The summed E-state index contributed by atoms with van der Waals surface area (Å²) in [7, 11) is 0. The zero-order chi connectivity index (χ0) is 17.6. The van der Waals surface area contributed by atoms with Gasteiger partial charge in [-0.05, 0) is 24.0 Å². The molecule has 1 saturated heterocycles. The van der Waals surface area contributed by atoms with Gasteiger partial charge in [0.25, 0.3) is 0 Å². The fourth-order valence-electron chi connectivity index (χ4n) is 2.41. The van der Waals surface area contributed by atoms with E-state index in [1.165, 1.54) is 0 Å². The molecule has 0 radical (unpaired) electrons. The van der Waals surface area contributed by atoms with E-state index in [0.29, 0.717) is 25.1 Å². The Kier molecular flexibility index (Phi) is 8.64. The summed E-state index contributed by atoms with van der Waals surface area (Å²) in [5.41, 5.74) is 6.99. The summed E-state index contributed by atoms with van der Waals surface area (Å²) in [6, 6.07) is 6.83. The molecule has 1 aromatic rings. The van der Waals surface area contributed by atoms with Crippen molar-refractivity contribution in [1.82, 2.24) is 5.32 Å². The van der Waals surface area contributed by atoms with Crippen LogP contribution in [-0.2, 0) is 27.4 Å². The van der Waals surface area contributed by atoms with E-state index in [1.54, 1.807) is 24.3 Å². The van der Waals surface area contributed by atoms with Gasteiger partial charge in [-0.15, -0.1) is 12.4 Å². The van der Waals surface area contributed by atoms with Crippen molar-refractivity contribution in [1.29, 1.82) is 0 Å². The van der Waals surface area contributed by atoms with E-state index in [4.69, 9.17) is 10.5 Å². The number of carbonyl (C=O) groups excluding carboxylic acids is 1. The van der Waals surface area contributed by atoms with Gasteiger partial charge in [0.2, 0.25) is 5.91 Å². The van der Waals surface area contributed by atoms with Crippen molar-refractivity contribution in [2.24, 2.45) is 5.73 Å². The van der Waals surface area contributed by atoms with E-state index in [-0.39, 0.29) is 31.0 Å². The Hall–Kier alpha value is -1.35. The van der Waals surface area contributed by atoms with Gasteiger partial charge in [-0.2, -0.15) is 13.2 Å². The largest absolute Gasteiger partial charge is 0.411 e. The molecule has 25 heavy (non-hydrogen) atoms. The molecule has 0 aromatic heterocycles. The number of nitrogens with two attached hydrogens (primary N) is 1. The molecule has 1 heterocycles. The van der Waals surface area contributed by atoms with Gasteiger partial charge < -0.3 is 20.5 Å². The van der Waals surface area contributed by atoms with Crippen molar-refractivity contribution in [2.45, 2.75) is 44.4 Å². The maximum absolute atomic E-state index is 12.0. The third kappa shape index (κ3) is 7.60. The van der Waals surface area contributed by atoms with Crippen LogP contribution in [0.15, 0.2) is 24.3 Å². The third-order valence-electron chi connectivity index (χ3n) is 3.69. The maximum Gasteiger partial charge on any atom is 0.411 e. The summed E-state index contributed by atoms with van der Waals surface area (Å²) in [5.74, 6) is -0.177. The number of rotatable bonds is 7. The second kappa shape index (κ2) is 9.96. The van der Waals surface area contributed by atoms with Gasteiger partial charge in [-0.25, -0.2) is 0 Å². The maximum atomic E-state index is 12.0. The monoisotopic (exact) mass is 382 g/mol. The highest BCUT2D eigenvalue weighted by Crippen LogP contribution is 2.19. The van der Waals surface area contributed by atoms with Crippen molar-refractivity contribution in [3.05, 3.63) is 35.4 Å². The van der Waals surface area contributed by atoms with Crippen LogP contribution < -0.4 is 11.1 Å². The van der Waals surface area contributed by atoms with Crippen molar-refractivity contribution in [2.75, 3.05) is 13.2 Å². The Morgan fingerprint density at radius 3 is 2.44 bits per heavy atom. The first-order valence-corrected chi connectivity index (χ1v) is 7.73. The molecule has 5 nitrogen and oxygen atoms in total. The Labute approximate surface area is 150 Å². The lowest BCUT2D eigenvalue weighted by atomic mass is 10.1. The van der Waals surface area contributed by atoms with Crippen LogP contribution in [0.4, 0.5) is 13.2 Å². The SMILES string of the molecule is Cl.NC[C@H]1CC[C@@H](C(=O)NCc2ccc(COCC(F)(F)F)cc2)O1. The number of alkyl halides is 3. The molecule has 2 atom stereocenters. The summed E-state index contributed by atoms with van der Waals surface area (Å²) in [6.07, 6.45) is -3.41. The lowest BCUT2D eigenvalue weighted by Gasteiger charge is -2.13.